The van der Waals surface area contributed by atoms with Gasteiger partial charge in [0.1, 0.15) is 6.10 Å². The average molecular weight is 332 g/mol. The van der Waals surface area contributed by atoms with Crippen LogP contribution in [-0.4, -0.2) is 24.3 Å². The fourth-order valence-electron chi connectivity index (χ4n) is 3.45. The van der Waals surface area contributed by atoms with Gasteiger partial charge in [-0.05, 0) is 44.4 Å². The lowest BCUT2D eigenvalue weighted by Gasteiger charge is -2.25. The van der Waals surface area contributed by atoms with E-state index in [1.165, 1.54) is 13.8 Å². The molecule has 0 heterocycles. The van der Waals surface area contributed by atoms with Crippen molar-refractivity contribution in [1.29, 1.82) is 0 Å². The van der Waals surface area contributed by atoms with E-state index in [4.69, 9.17) is 9.47 Å². The molecule has 130 valence electrons. The van der Waals surface area contributed by atoms with Crippen LogP contribution in [-0.2, 0) is 25.5 Å². The van der Waals surface area contributed by atoms with Gasteiger partial charge in [-0.15, -0.1) is 0 Å². The topological polar surface area (TPSA) is 69.7 Å². The second-order valence-corrected chi connectivity index (χ2v) is 6.89. The zero-order chi connectivity index (χ0) is 18.2. The maximum atomic E-state index is 12.9. The van der Waals surface area contributed by atoms with Crippen molar-refractivity contribution in [3.05, 3.63) is 33.9 Å². The SMILES string of the molecule is CC(=O)OCCc1c(C)cc2c(c1C)C(=O)C(C)(C)C2OC(C)=O. The molecule has 1 aliphatic rings. The summed E-state index contributed by atoms with van der Waals surface area (Å²) in [5.41, 5.74) is 3.49. The highest BCUT2D eigenvalue weighted by atomic mass is 16.5. The minimum Gasteiger partial charge on any atom is -0.466 e. The summed E-state index contributed by atoms with van der Waals surface area (Å²) in [5, 5.41) is 0. The maximum absolute atomic E-state index is 12.9. The summed E-state index contributed by atoms with van der Waals surface area (Å²) >= 11 is 0. The van der Waals surface area contributed by atoms with Crippen LogP contribution in [0.5, 0.6) is 0 Å². The van der Waals surface area contributed by atoms with Crippen LogP contribution in [0, 0.1) is 19.3 Å². The van der Waals surface area contributed by atoms with Crippen LogP contribution in [0.2, 0.25) is 0 Å². The number of carbonyl (C=O) groups excluding carboxylic acids is 3. The van der Waals surface area contributed by atoms with Crippen LogP contribution in [0.25, 0.3) is 0 Å². The largest absolute Gasteiger partial charge is 0.466 e. The Bertz CT molecular complexity index is 715. The smallest absolute Gasteiger partial charge is 0.303 e. The second-order valence-electron chi connectivity index (χ2n) is 6.89. The molecule has 0 saturated carbocycles. The summed E-state index contributed by atoms with van der Waals surface area (Å²) < 4.78 is 10.5. The Hall–Kier alpha value is -2.17. The Morgan fingerprint density at radius 1 is 1.17 bits per heavy atom. The molecule has 0 saturated heterocycles. The van der Waals surface area contributed by atoms with E-state index < -0.39 is 17.5 Å². The predicted octanol–water partition coefficient (Wildman–Crippen LogP) is 3.24. The number of hydrogen-bond donors (Lipinski definition) is 0. The molecule has 0 spiro atoms. The van der Waals surface area contributed by atoms with Crippen LogP contribution in [0.1, 0.15) is 66.4 Å². The van der Waals surface area contributed by atoms with Gasteiger partial charge in [0.05, 0.1) is 12.0 Å². The monoisotopic (exact) mass is 332 g/mol. The van der Waals surface area contributed by atoms with Crippen LogP contribution in [0.4, 0.5) is 0 Å². The second kappa shape index (κ2) is 6.38. The number of hydrogen-bond acceptors (Lipinski definition) is 5. The number of carbonyl (C=O) groups is 3. The Labute approximate surface area is 142 Å². The molecule has 0 bridgehead atoms. The standard InChI is InChI=1S/C19H24O5/c1-10-9-15-16(11(2)14(10)7-8-23-12(3)20)17(22)19(5,6)18(15)24-13(4)21/h9,18H,7-8H2,1-6H3. The van der Waals surface area contributed by atoms with Gasteiger partial charge in [0.25, 0.3) is 0 Å². The van der Waals surface area contributed by atoms with E-state index in [2.05, 4.69) is 0 Å². The minimum atomic E-state index is -0.792. The molecule has 1 atom stereocenters. The van der Waals surface area contributed by atoms with Gasteiger partial charge in [0.15, 0.2) is 5.78 Å². The van der Waals surface area contributed by atoms with Crippen molar-refractivity contribution >= 4 is 17.7 Å². The quantitative estimate of drug-likeness (QED) is 0.792. The van der Waals surface area contributed by atoms with Crippen LogP contribution in [0.15, 0.2) is 6.07 Å². The number of ketones is 1. The van der Waals surface area contributed by atoms with Gasteiger partial charge in [-0.2, -0.15) is 0 Å². The van der Waals surface area contributed by atoms with Gasteiger partial charge in [-0.25, -0.2) is 0 Å². The van der Waals surface area contributed by atoms with E-state index in [0.717, 1.165) is 22.3 Å². The van der Waals surface area contributed by atoms with Crippen molar-refractivity contribution in [2.24, 2.45) is 5.41 Å². The van der Waals surface area contributed by atoms with Gasteiger partial charge in [-0.1, -0.05) is 6.07 Å². The highest BCUT2D eigenvalue weighted by Crippen LogP contribution is 2.49. The van der Waals surface area contributed by atoms with Gasteiger partial charge in [0.2, 0.25) is 0 Å². The molecule has 0 amide bonds. The molecule has 5 nitrogen and oxygen atoms in total. The first-order chi connectivity index (χ1) is 11.1. The fourth-order valence-corrected chi connectivity index (χ4v) is 3.45. The van der Waals surface area contributed by atoms with Gasteiger partial charge in [-0.3, -0.25) is 14.4 Å². The van der Waals surface area contributed by atoms with Crippen LogP contribution >= 0.6 is 0 Å². The summed E-state index contributed by atoms with van der Waals surface area (Å²) in [5.74, 6) is -0.739. The van der Waals surface area contributed by atoms with E-state index in [1.807, 2.05) is 19.9 Å². The summed E-state index contributed by atoms with van der Waals surface area (Å²) in [6.45, 7) is 10.5. The highest BCUT2D eigenvalue weighted by Gasteiger charge is 2.49. The molecule has 1 unspecified atom stereocenters. The van der Waals surface area contributed by atoms with Crippen molar-refractivity contribution in [3.8, 4) is 0 Å². The lowest BCUT2D eigenvalue weighted by atomic mass is 9.86. The summed E-state index contributed by atoms with van der Waals surface area (Å²) in [6.07, 6.45) is -0.0198. The van der Waals surface area contributed by atoms with Crippen LogP contribution in [0.3, 0.4) is 0 Å². The molecule has 0 radical (unpaired) electrons. The minimum absolute atomic E-state index is 0.0185. The third-order valence-corrected chi connectivity index (χ3v) is 4.66. The molecule has 1 aromatic rings. The van der Waals surface area contributed by atoms with Gasteiger partial charge < -0.3 is 9.47 Å². The third kappa shape index (κ3) is 3.07. The number of aryl methyl sites for hydroxylation is 1. The molecule has 1 aliphatic carbocycles. The zero-order valence-electron chi connectivity index (χ0n) is 15.1. The molecule has 0 N–H and O–H groups in total. The van der Waals surface area contributed by atoms with Crippen molar-refractivity contribution in [2.75, 3.05) is 6.61 Å². The summed E-state index contributed by atoms with van der Waals surface area (Å²) in [4.78, 5) is 35.3. The molecule has 0 fully saturated rings. The van der Waals surface area contributed by atoms with Crippen molar-refractivity contribution in [1.82, 2.24) is 0 Å². The Morgan fingerprint density at radius 2 is 1.79 bits per heavy atom. The Morgan fingerprint density at radius 3 is 2.33 bits per heavy atom. The fraction of sp³-hybridized carbons (Fsp3) is 0.526. The molecule has 0 aliphatic heterocycles. The number of Topliss-reactive ketones (excluding diaryl/α,β-unsaturated/α-hetero) is 1. The molecular formula is C19H24O5. The predicted molar refractivity (Wildman–Crippen MR) is 88.9 cm³/mol. The van der Waals surface area contributed by atoms with E-state index in [9.17, 15) is 14.4 Å². The molecule has 24 heavy (non-hydrogen) atoms. The zero-order valence-corrected chi connectivity index (χ0v) is 15.1. The number of esters is 2. The third-order valence-electron chi connectivity index (χ3n) is 4.66. The van der Waals surface area contributed by atoms with E-state index in [0.29, 0.717) is 12.0 Å². The average Bonchev–Trinajstić information content (AvgIpc) is 2.63. The van der Waals surface area contributed by atoms with Crippen molar-refractivity contribution in [2.45, 2.75) is 54.1 Å². The van der Waals surface area contributed by atoms with Crippen molar-refractivity contribution < 1.29 is 23.9 Å². The van der Waals surface area contributed by atoms with Gasteiger partial charge >= 0.3 is 11.9 Å². The van der Waals surface area contributed by atoms with E-state index in [-0.39, 0.29) is 18.4 Å². The number of fused-ring (bicyclic) bond motifs is 1. The maximum Gasteiger partial charge on any atom is 0.303 e. The van der Waals surface area contributed by atoms with E-state index in [1.54, 1.807) is 13.8 Å². The normalized spacial score (nSPS) is 18.2. The molecule has 2 rings (SSSR count). The number of rotatable bonds is 4. The van der Waals surface area contributed by atoms with Gasteiger partial charge in [0, 0.05) is 31.4 Å². The lowest BCUT2D eigenvalue weighted by molar-refractivity contribution is -0.150. The number of benzene rings is 1. The number of ether oxygens (including phenoxy) is 2. The highest BCUT2D eigenvalue weighted by molar-refractivity contribution is 6.07. The molecular weight excluding hydrogens is 308 g/mol. The van der Waals surface area contributed by atoms with Crippen molar-refractivity contribution in [3.63, 3.8) is 0 Å². The molecule has 0 aromatic heterocycles. The Balaban J connectivity index is 2.48. The van der Waals surface area contributed by atoms with E-state index >= 15 is 0 Å². The lowest BCUT2D eigenvalue weighted by Crippen LogP contribution is -2.27. The summed E-state index contributed by atoms with van der Waals surface area (Å²) in [6, 6.07) is 1.92. The first kappa shape index (κ1) is 18.2. The molecule has 1 aromatic carbocycles. The first-order valence-electron chi connectivity index (χ1n) is 8.05. The first-order valence-corrected chi connectivity index (χ1v) is 8.05. The molecule has 5 heteroatoms. The van der Waals surface area contributed by atoms with Crippen LogP contribution < -0.4 is 0 Å². The Kier molecular flexibility index (Phi) is 4.83. The summed E-state index contributed by atoms with van der Waals surface area (Å²) in [7, 11) is 0.